The maximum absolute atomic E-state index is 5.44. The van der Waals surface area contributed by atoms with E-state index in [1.54, 1.807) is 0 Å². The molecule has 0 radical (unpaired) electrons. The topological polar surface area (TPSA) is 38.9 Å². The molecule has 0 unspecified atom stereocenters. The molecule has 0 bridgehead atoms. The number of benzene rings is 1. The van der Waals surface area contributed by atoms with Crippen molar-refractivity contribution in [3.8, 4) is 23.8 Å². The Balaban J connectivity index is 2.18. The summed E-state index contributed by atoms with van der Waals surface area (Å²) in [6, 6.07) is 7.67. The van der Waals surface area contributed by atoms with Crippen LogP contribution in [0.15, 0.2) is 38.4 Å². The molecule has 0 aliphatic rings. The van der Waals surface area contributed by atoms with Gasteiger partial charge in [0.25, 0.3) is 5.22 Å². The van der Waals surface area contributed by atoms with Crippen LogP contribution in [0.1, 0.15) is 0 Å². The van der Waals surface area contributed by atoms with E-state index in [1.165, 1.54) is 11.8 Å². The zero-order chi connectivity index (χ0) is 11.4. The Hall–Kier alpha value is -1.25. The second-order valence-corrected chi connectivity index (χ2v) is 4.72. The fourth-order valence-electron chi connectivity index (χ4n) is 1.08. The second-order valence-electron chi connectivity index (χ2n) is 2.87. The number of halogens is 1. The van der Waals surface area contributed by atoms with Crippen LogP contribution in [0, 0.1) is 12.3 Å². The monoisotopic (exact) mass is 294 g/mol. The summed E-state index contributed by atoms with van der Waals surface area (Å²) < 4.78 is 6.45. The van der Waals surface area contributed by atoms with Crippen molar-refractivity contribution in [2.75, 3.05) is 5.75 Å². The Bertz CT molecular complexity index is 516. The van der Waals surface area contributed by atoms with Gasteiger partial charge in [0.05, 0.1) is 5.75 Å². The minimum Gasteiger partial charge on any atom is -0.411 e. The lowest BCUT2D eigenvalue weighted by Gasteiger charge is -1.93. The number of hydrogen-bond donors (Lipinski definition) is 0. The van der Waals surface area contributed by atoms with Gasteiger partial charge in [-0.05, 0) is 24.3 Å². The van der Waals surface area contributed by atoms with Gasteiger partial charge in [-0.3, -0.25) is 0 Å². The average Bonchev–Trinajstić information content (AvgIpc) is 2.76. The van der Waals surface area contributed by atoms with Crippen molar-refractivity contribution in [1.29, 1.82) is 0 Å². The van der Waals surface area contributed by atoms with Crippen molar-refractivity contribution in [3.05, 3.63) is 28.7 Å². The molecule has 0 saturated heterocycles. The van der Waals surface area contributed by atoms with Crippen molar-refractivity contribution in [3.63, 3.8) is 0 Å². The number of terminal acetylenes is 1. The van der Waals surface area contributed by atoms with Gasteiger partial charge < -0.3 is 4.42 Å². The van der Waals surface area contributed by atoms with Gasteiger partial charge in [0.1, 0.15) is 0 Å². The smallest absolute Gasteiger partial charge is 0.277 e. The van der Waals surface area contributed by atoms with Crippen LogP contribution in [-0.4, -0.2) is 16.0 Å². The summed E-state index contributed by atoms with van der Waals surface area (Å²) in [7, 11) is 0. The molecule has 1 heterocycles. The molecule has 0 aliphatic carbocycles. The van der Waals surface area contributed by atoms with E-state index in [0.717, 1.165) is 10.0 Å². The molecular formula is C11H7BrN2OS. The summed E-state index contributed by atoms with van der Waals surface area (Å²) in [4.78, 5) is 0. The number of nitrogens with zero attached hydrogens (tertiary/aromatic N) is 2. The summed E-state index contributed by atoms with van der Waals surface area (Å²) in [6.07, 6.45) is 5.15. The summed E-state index contributed by atoms with van der Waals surface area (Å²) in [6.45, 7) is 0. The third kappa shape index (κ3) is 2.65. The van der Waals surface area contributed by atoms with Crippen molar-refractivity contribution in [1.82, 2.24) is 10.2 Å². The zero-order valence-corrected chi connectivity index (χ0v) is 10.6. The Labute approximate surface area is 106 Å². The van der Waals surface area contributed by atoms with Gasteiger partial charge in [-0.15, -0.1) is 16.6 Å². The van der Waals surface area contributed by atoms with Gasteiger partial charge >= 0.3 is 0 Å². The minimum absolute atomic E-state index is 0.496. The zero-order valence-electron chi connectivity index (χ0n) is 8.18. The van der Waals surface area contributed by atoms with Gasteiger partial charge in [-0.25, -0.2) is 0 Å². The van der Waals surface area contributed by atoms with Gasteiger partial charge in [0.2, 0.25) is 5.89 Å². The first-order chi connectivity index (χ1) is 7.79. The summed E-state index contributed by atoms with van der Waals surface area (Å²) in [5.74, 6) is 3.54. The van der Waals surface area contributed by atoms with Crippen molar-refractivity contribution in [2.45, 2.75) is 5.22 Å². The van der Waals surface area contributed by atoms with Crippen LogP contribution >= 0.6 is 27.7 Å². The molecule has 0 amide bonds. The lowest BCUT2D eigenvalue weighted by Crippen LogP contribution is -1.76. The van der Waals surface area contributed by atoms with Crippen LogP contribution in [-0.2, 0) is 0 Å². The highest BCUT2D eigenvalue weighted by molar-refractivity contribution is 9.10. The van der Waals surface area contributed by atoms with Gasteiger partial charge in [0.15, 0.2) is 0 Å². The number of thioether (sulfide) groups is 1. The summed E-state index contributed by atoms with van der Waals surface area (Å²) in [5.41, 5.74) is 0.892. The maximum atomic E-state index is 5.44. The second kappa shape index (κ2) is 5.19. The van der Waals surface area contributed by atoms with Crippen molar-refractivity contribution < 1.29 is 4.42 Å². The van der Waals surface area contributed by atoms with E-state index in [0.29, 0.717) is 16.9 Å². The third-order valence-electron chi connectivity index (χ3n) is 1.78. The molecule has 0 fully saturated rings. The molecule has 2 rings (SSSR count). The van der Waals surface area contributed by atoms with E-state index < -0.39 is 0 Å². The summed E-state index contributed by atoms with van der Waals surface area (Å²) in [5, 5.41) is 8.34. The van der Waals surface area contributed by atoms with E-state index in [4.69, 9.17) is 10.8 Å². The van der Waals surface area contributed by atoms with E-state index >= 15 is 0 Å². The molecule has 0 spiro atoms. The number of hydrogen-bond acceptors (Lipinski definition) is 4. The first kappa shape index (κ1) is 11.2. The molecule has 16 heavy (non-hydrogen) atoms. The van der Waals surface area contributed by atoms with Gasteiger partial charge in [0, 0.05) is 10.0 Å². The normalized spacial score (nSPS) is 10.0. The van der Waals surface area contributed by atoms with Crippen LogP contribution < -0.4 is 0 Å². The predicted molar refractivity (Wildman–Crippen MR) is 67.0 cm³/mol. The van der Waals surface area contributed by atoms with E-state index in [2.05, 4.69) is 32.0 Å². The highest BCUT2D eigenvalue weighted by Gasteiger charge is 2.07. The SMILES string of the molecule is C#CCSc1nnc(-c2ccc(Br)cc2)o1. The fraction of sp³-hybridized carbons (Fsp3) is 0.0909. The van der Waals surface area contributed by atoms with Gasteiger partial charge in [-0.2, -0.15) is 0 Å². The summed E-state index contributed by atoms with van der Waals surface area (Å²) >= 11 is 4.72. The number of rotatable bonds is 3. The predicted octanol–water partition coefficient (Wildman–Crippen LogP) is 3.22. The molecule has 5 heteroatoms. The largest absolute Gasteiger partial charge is 0.411 e. The lowest BCUT2D eigenvalue weighted by atomic mass is 10.2. The highest BCUT2D eigenvalue weighted by atomic mass is 79.9. The molecule has 80 valence electrons. The molecule has 0 N–H and O–H groups in total. The lowest BCUT2D eigenvalue weighted by molar-refractivity contribution is 0.466. The molecule has 3 nitrogen and oxygen atoms in total. The van der Waals surface area contributed by atoms with E-state index in [1.807, 2.05) is 24.3 Å². The van der Waals surface area contributed by atoms with Crippen LogP contribution in [0.25, 0.3) is 11.5 Å². The number of aromatic nitrogens is 2. The highest BCUT2D eigenvalue weighted by Crippen LogP contribution is 2.23. The standard InChI is InChI=1S/C11H7BrN2OS/c1-2-7-16-11-14-13-10(15-11)8-3-5-9(12)6-4-8/h1,3-6H,7H2. The molecule has 1 aromatic carbocycles. The average molecular weight is 295 g/mol. The Kier molecular flexibility index (Phi) is 3.65. The molecule has 2 aromatic rings. The van der Waals surface area contributed by atoms with Crippen LogP contribution in [0.2, 0.25) is 0 Å². The first-order valence-electron chi connectivity index (χ1n) is 4.45. The quantitative estimate of drug-likeness (QED) is 0.644. The third-order valence-corrected chi connectivity index (χ3v) is 3.03. The Morgan fingerprint density at radius 3 is 2.75 bits per heavy atom. The molecule has 0 saturated carbocycles. The minimum atomic E-state index is 0.496. The van der Waals surface area contributed by atoms with E-state index in [9.17, 15) is 0 Å². The van der Waals surface area contributed by atoms with Crippen molar-refractivity contribution >= 4 is 27.7 Å². The fourth-order valence-corrected chi connectivity index (χ4v) is 1.79. The molecule has 0 aliphatic heterocycles. The molecule has 0 atom stereocenters. The Morgan fingerprint density at radius 2 is 2.06 bits per heavy atom. The van der Waals surface area contributed by atoms with Crippen LogP contribution in [0.5, 0.6) is 0 Å². The van der Waals surface area contributed by atoms with E-state index in [-0.39, 0.29) is 0 Å². The molecular weight excluding hydrogens is 288 g/mol. The maximum Gasteiger partial charge on any atom is 0.277 e. The van der Waals surface area contributed by atoms with Crippen molar-refractivity contribution in [2.24, 2.45) is 0 Å². The molecule has 1 aromatic heterocycles. The van der Waals surface area contributed by atoms with Gasteiger partial charge in [-0.1, -0.05) is 33.6 Å². The van der Waals surface area contributed by atoms with Crippen LogP contribution in [0.3, 0.4) is 0 Å². The first-order valence-corrected chi connectivity index (χ1v) is 6.23. The van der Waals surface area contributed by atoms with Crippen LogP contribution in [0.4, 0.5) is 0 Å². The Morgan fingerprint density at radius 1 is 1.31 bits per heavy atom.